The summed E-state index contributed by atoms with van der Waals surface area (Å²) in [6.07, 6.45) is 0. The van der Waals surface area contributed by atoms with E-state index in [2.05, 4.69) is 205 Å². The predicted molar refractivity (Wildman–Crippen MR) is 256 cm³/mol. The van der Waals surface area contributed by atoms with Gasteiger partial charge in [-0.15, -0.1) is 0 Å². The Kier molecular flexibility index (Phi) is 8.17. The molecule has 3 heteroatoms. The van der Waals surface area contributed by atoms with E-state index in [1.807, 2.05) is 24.3 Å². The molecule has 0 saturated heterocycles. The molecule has 0 saturated carbocycles. The van der Waals surface area contributed by atoms with Crippen LogP contribution in [0.3, 0.4) is 0 Å². The van der Waals surface area contributed by atoms with E-state index in [1.54, 1.807) is 0 Å². The van der Waals surface area contributed by atoms with Crippen LogP contribution in [0, 0.1) is 0 Å². The van der Waals surface area contributed by atoms with Gasteiger partial charge in [-0.05, 0) is 91.0 Å². The van der Waals surface area contributed by atoms with Crippen LogP contribution in [0.25, 0.3) is 116 Å². The zero-order valence-corrected chi connectivity index (χ0v) is 33.2. The van der Waals surface area contributed by atoms with E-state index < -0.39 is 0 Å². The minimum Gasteiger partial charge on any atom is -0.309 e. The van der Waals surface area contributed by atoms with Gasteiger partial charge in [-0.3, -0.25) is 0 Å². The molecule has 0 aliphatic rings. The average molecular weight is 776 g/mol. The molecule has 0 radical (unpaired) electrons. The van der Waals surface area contributed by atoms with Crippen molar-refractivity contribution in [3.63, 3.8) is 0 Å². The summed E-state index contributed by atoms with van der Waals surface area (Å²) in [6, 6.07) is 80.6. The van der Waals surface area contributed by atoms with Crippen molar-refractivity contribution in [3.8, 4) is 61.8 Å². The maximum atomic E-state index is 5.20. The zero-order chi connectivity index (χ0) is 40.3. The largest absolute Gasteiger partial charge is 0.309 e. The lowest BCUT2D eigenvalue weighted by molar-refractivity contribution is 1.18. The lowest BCUT2D eigenvalue weighted by Crippen LogP contribution is -1.96. The normalized spacial score (nSPS) is 11.6. The molecule has 3 nitrogen and oxygen atoms in total. The van der Waals surface area contributed by atoms with Crippen LogP contribution in [0.5, 0.6) is 0 Å². The number of para-hydroxylation sites is 1. The summed E-state index contributed by atoms with van der Waals surface area (Å²) in [5, 5.41) is 9.83. The maximum Gasteiger partial charge on any atom is 0.160 e. The Morgan fingerprint density at radius 1 is 0.279 bits per heavy atom. The molecule has 61 heavy (non-hydrogen) atoms. The molecule has 2 aromatic heterocycles. The zero-order valence-electron chi connectivity index (χ0n) is 33.2. The van der Waals surface area contributed by atoms with Crippen LogP contribution >= 0.6 is 0 Å². The van der Waals surface area contributed by atoms with Crippen LogP contribution in [-0.4, -0.2) is 14.5 Å². The highest BCUT2D eigenvalue weighted by Crippen LogP contribution is 2.43. The summed E-state index contributed by atoms with van der Waals surface area (Å²) in [4.78, 5) is 10.3. The predicted octanol–water partition coefficient (Wildman–Crippen LogP) is 15.4. The van der Waals surface area contributed by atoms with Gasteiger partial charge >= 0.3 is 0 Å². The molecule has 0 fully saturated rings. The van der Waals surface area contributed by atoms with Crippen molar-refractivity contribution < 1.29 is 0 Å². The highest BCUT2D eigenvalue weighted by atomic mass is 15.0. The molecule has 0 amide bonds. The molecule has 2 heterocycles. The van der Waals surface area contributed by atoms with Crippen LogP contribution in [0.1, 0.15) is 0 Å². The highest BCUT2D eigenvalue weighted by Gasteiger charge is 2.18. The average Bonchev–Trinajstić information content (AvgIpc) is 3.68. The van der Waals surface area contributed by atoms with Gasteiger partial charge in [0.1, 0.15) is 0 Å². The monoisotopic (exact) mass is 775 g/mol. The minimum absolute atomic E-state index is 0.711. The van der Waals surface area contributed by atoms with Crippen molar-refractivity contribution in [3.05, 3.63) is 224 Å². The van der Waals surface area contributed by atoms with Crippen molar-refractivity contribution in [2.45, 2.75) is 0 Å². The summed E-state index contributed by atoms with van der Waals surface area (Å²) >= 11 is 0. The third kappa shape index (κ3) is 5.90. The van der Waals surface area contributed by atoms with Gasteiger partial charge in [-0.1, -0.05) is 188 Å². The number of hydrogen-bond donors (Lipinski definition) is 0. The second-order valence-electron chi connectivity index (χ2n) is 15.7. The SMILES string of the molecule is c1ccc(-c2ccc(-n3c4ccccc4c4ccc(-c5cccc6c7ccccc7c7cc(-c8cc(-c9ccccc9)nc(-c9ccccc9)n8)ccc7c56)cc43)cc2)cc1. The van der Waals surface area contributed by atoms with Crippen LogP contribution in [0.2, 0.25) is 0 Å². The molecule has 0 aliphatic heterocycles. The van der Waals surface area contributed by atoms with Gasteiger partial charge < -0.3 is 4.57 Å². The summed E-state index contributed by atoms with van der Waals surface area (Å²) < 4.78 is 2.42. The van der Waals surface area contributed by atoms with Crippen molar-refractivity contribution in [2.75, 3.05) is 0 Å². The number of fused-ring (bicyclic) bond motifs is 9. The van der Waals surface area contributed by atoms with E-state index >= 15 is 0 Å². The number of benzene rings is 10. The summed E-state index contributed by atoms with van der Waals surface area (Å²) in [6.45, 7) is 0. The van der Waals surface area contributed by atoms with Crippen molar-refractivity contribution in [1.82, 2.24) is 14.5 Å². The lowest BCUT2D eigenvalue weighted by atomic mass is 9.88. The Labute approximate surface area is 353 Å². The second kappa shape index (κ2) is 14.3. The lowest BCUT2D eigenvalue weighted by Gasteiger charge is -2.16. The fraction of sp³-hybridized carbons (Fsp3) is 0. The van der Waals surface area contributed by atoms with E-state index in [0.717, 1.165) is 33.8 Å². The van der Waals surface area contributed by atoms with E-state index in [-0.39, 0.29) is 0 Å². The number of nitrogens with zero attached hydrogens (tertiary/aromatic N) is 3. The first-order valence-electron chi connectivity index (χ1n) is 20.8. The Hall–Kier alpha value is -8.14. The second-order valence-corrected chi connectivity index (χ2v) is 15.7. The Bertz CT molecular complexity index is 3550. The van der Waals surface area contributed by atoms with Gasteiger partial charge in [-0.2, -0.15) is 0 Å². The molecule has 12 aromatic rings. The first-order valence-corrected chi connectivity index (χ1v) is 20.8. The third-order valence-electron chi connectivity index (χ3n) is 12.2. The number of aromatic nitrogens is 3. The topological polar surface area (TPSA) is 30.7 Å². The van der Waals surface area contributed by atoms with Crippen molar-refractivity contribution >= 4 is 54.1 Å². The number of rotatable bonds is 6. The molecular formula is C58H37N3. The van der Waals surface area contributed by atoms with Gasteiger partial charge in [0.25, 0.3) is 0 Å². The van der Waals surface area contributed by atoms with Crippen LogP contribution < -0.4 is 0 Å². The maximum absolute atomic E-state index is 5.20. The molecule has 0 unspecified atom stereocenters. The molecule has 0 bridgehead atoms. The molecule has 10 aromatic carbocycles. The third-order valence-corrected chi connectivity index (χ3v) is 12.2. The van der Waals surface area contributed by atoms with Gasteiger partial charge in [-0.25, -0.2) is 9.97 Å². The number of hydrogen-bond acceptors (Lipinski definition) is 2. The Morgan fingerprint density at radius 3 is 1.52 bits per heavy atom. The highest BCUT2D eigenvalue weighted by molar-refractivity contribution is 6.29. The van der Waals surface area contributed by atoms with Crippen LogP contribution in [0.15, 0.2) is 224 Å². The first-order chi connectivity index (χ1) is 30.2. The van der Waals surface area contributed by atoms with E-state index in [9.17, 15) is 0 Å². The molecule has 0 spiro atoms. The van der Waals surface area contributed by atoms with Gasteiger partial charge in [0.2, 0.25) is 0 Å². The smallest absolute Gasteiger partial charge is 0.160 e. The van der Waals surface area contributed by atoms with E-state index in [1.165, 1.54) is 76.4 Å². The standard InChI is InChI=1S/C58H37N3/c1-4-15-38(16-5-1)39-27-31-44(32-28-39)61-55-26-13-12-23-48(55)49-33-29-42(36-56(49)61)45-24-14-25-50-46-21-10-11-22-47(46)52-35-43(30-34-51(52)57(45)50)54-37-53(40-17-6-2-7-18-40)59-58(60-54)41-19-8-3-9-20-41/h1-37H. The van der Waals surface area contributed by atoms with Crippen molar-refractivity contribution in [2.24, 2.45) is 0 Å². The molecule has 0 N–H and O–H groups in total. The minimum atomic E-state index is 0.711. The van der Waals surface area contributed by atoms with Gasteiger partial charge in [0.15, 0.2) is 5.82 Å². The van der Waals surface area contributed by atoms with Crippen LogP contribution in [-0.2, 0) is 0 Å². The quantitative estimate of drug-likeness (QED) is 0.158. The molecule has 284 valence electrons. The fourth-order valence-electron chi connectivity index (χ4n) is 9.32. The fourth-order valence-corrected chi connectivity index (χ4v) is 9.32. The first kappa shape index (κ1) is 34.9. The van der Waals surface area contributed by atoms with Crippen molar-refractivity contribution in [1.29, 1.82) is 0 Å². The van der Waals surface area contributed by atoms with Gasteiger partial charge in [0.05, 0.1) is 22.4 Å². The Balaban J connectivity index is 1.06. The molecule has 0 atom stereocenters. The van der Waals surface area contributed by atoms with E-state index in [0.29, 0.717) is 5.82 Å². The van der Waals surface area contributed by atoms with E-state index in [4.69, 9.17) is 9.97 Å². The summed E-state index contributed by atoms with van der Waals surface area (Å²) in [5.41, 5.74) is 13.2. The molecule has 0 aliphatic carbocycles. The summed E-state index contributed by atoms with van der Waals surface area (Å²) in [5.74, 6) is 0.711. The van der Waals surface area contributed by atoms with Crippen LogP contribution in [0.4, 0.5) is 0 Å². The van der Waals surface area contributed by atoms with Gasteiger partial charge in [0, 0.05) is 33.2 Å². The Morgan fingerprint density at radius 2 is 0.787 bits per heavy atom. The summed E-state index contributed by atoms with van der Waals surface area (Å²) in [7, 11) is 0. The molecular weight excluding hydrogens is 739 g/mol. The molecule has 12 rings (SSSR count).